The highest BCUT2D eigenvalue weighted by molar-refractivity contribution is 14.0. The fraction of sp³-hybridized carbons (Fsp3) is 0.444. The molecule has 0 spiro atoms. The van der Waals surface area contributed by atoms with Gasteiger partial charge in [-0.15, -0.1) is 24.0 Å². The van der Waals surface area contributed by atoms with Gasteiger partial charge in [0.1, 0.15) is 5.82 Å². The van der Waals surface area contributed by atoms with E-state index in [4.69, 9.17) is 23.2 Å². The normalized spacial score (nSPS) is 12.4. The molecule has 0 amide bonds. The summed E-state index contributed by atoms with van der Waals surface area (Å²) in [6.07, 6.45) is 5.98. The number of halogens is 3. The van der Waals surface area contributed by atoms with Gasteiger partial charge in [-0.1, -0.05) is 29.3 Å². The molecule has 1 unspecified atom stereocenters. The molecule has 1 heterocycles. The van der Waals surface area contributed by atoms with E-state index < -0.39 is 0 Å². The lowest BCUT2D eigenvalue weighted by atomic mass is 10.1. The lowest BCUT2D eigenvalue weighted by Gasteiger charge is -2.19. The van der Waals surface area contributed by atoms with Crippen LogP contribution in [0, 0.1) is 6.92 Å². The number of benzene rings is 1. The second kappa shape index (κ2) is 11.7. The molecule has 0 aliphatic rings. The van der Waals surface area contributed by atoms with E-state index in [2.05, 4.69) is 25.2 Å². The molecule has 0 saturated heterocycles. The average molecular weight is 510 g/mol. The van der Waals surface area contributed by atoms with Crippen LogP contribution >= 0.6 is 47.2 Å². The number of aromatic nitrogens is 2. The Bertz CT molecular complexity index is 717. The van der Waals surface area contributed by atoms with Crippen molar-refractivity contribution in [3.63, 3.8) is 0 Å². The van der Waals surface area contributed by atoms with Crippen LogP contribution in [0.4, 0.5) is 0 Å². The largest absolute Gasteiger partial charge is 0.356 e. The first-order chi connectivity index (χ1) is 12.0. The second-order valence-electron chi connectivity index (χ2n) is 5.91. The number of rotatable bonds is 7. The van der Waals surface area contributed by atoms with E-state index in [0.717, 1.165) is 43.3 Å². The van der Waals surface area contributed by atoms with Gasteiger partial charge >= 0.3 is 0 Å². The summed E-state index contributed by atoms with van der Waals surface area (Å²) in [5.74, 6) is 1.82. The van der Waals surface area contributed by atoms with E-state index >= 15 is 0 Å². The van der Waals surface area contributed by atoms with Crippen molar-refractivity contribution in [2.45, 2.75) is 39.3 Å². The Labute approximate surface area is 182 Å². The first-order valence-electron chi connectivity index (χ1n) is 8.41. The maximum Gasteiger partial charge on any atom is 0.191 e. The number of hydrogen-bond donors (Lipinski definition) is 2. The molecule has 0 aliphatic heterocycles. The van der Waals surface area contributed by atoms with E-state index in [0.29, 0.717) is 10.0 Å². The van der Waals surface area contributed by atoms with Crippen molar-refractivity contribution in [2.75, 3.05) is 13.6 Å². The summed E-state index contributed by atoms with van der Waals surface area (Å²) in [7, 11) is 1.76. The molecular formula is C18H26Cl2IN5. The molecule has 0 bridgehead atoms. The highest BCUT2D eigenvalue weighted by Gasteiger charge is 2.11. The molecule has 5 nitrogen and oxygen atoms in total. The van der Waals surface area contributed by atoms with Crippen molar-refractivity contribution in [2.24, 2.45) is 4.99 Å². The Morgan fingerprint density at radius 1 is 1.31 bits per heavy atom. The average Bonchev–Trinajstić information content (AvgIpc) is 2.98. The highest BCUT2D eigenvalue weighted by Crippen LogP contribution is 2.25. The van der Waals surface area contributed by atoms with Crippen LogP contribution in [-0.2, 0) is 6.54 Å². The quantitative estimate of drug-likeness (QED) is 0.243. The third-order valence-corrected chi connectivity index (χ3v) is 4.61. The van der Waals surface area contributed by atoms with Gasteiger partial charge in [-0.3, -0.25) is 4.99 Å². The smallest absolute Gasteiger partial charge is 0.191 e. The van der Waals surface area contributed by atoms with Gasteiger partial charge < -0.3 is 15.2 Å². The fourth-order valence-electron chi connectivity index (χ4n) is 2.58. The molecular weight excluding hydrogens is 484 g/mol. The summed E-state index contributed by atoms with van der Waals surface area (Å²) in [5.41, 5.74) is 0.990. The Kier molecular flexibility index (Phi) is 10.3. The van der Waals surface area contributed by atoms with Gasteiger partial charge in [0.25, 0.3) is 0 Å². The van der Waals surface area contributed by atoms with Crippen LogP contribution < -0.4 is 10.6 Å². The minimum absolute atomic E-state index is 0. The molecule has 1 aromatic carbocycles. The van der Waals surface area contributed by atoms with Gasteiger partial charge in [0.05, 0.1) is 6.04 Å². The summed E-state index contributed by atoms with van der Waals surface area (Å²) < 4.78 is 2.16. The first kappa shape index (κ1) is 23.0. The van der Waals surface area contributed by atoms with Gasteiger partial charge in [-0.25, -0.2) is 4.98 Å². The van der Waals surface area contributed by atoms with E-state index in [9.17, 15) is 0 Å². The van der Waals surface area contributed by atoms with Crippen LogP contribution in [-0.4, -0.2) is 29.1 Å². The zero-order valence-electron chi connectivity index (χ0n) is 15.3. The lowest BCUT2D eigenvalue weighted by molar-refractivity contribution is 0.585. The standard InChI is InChI=1S/C18H25Cl2N5.HI/c1-13(16-7-6-15(19)12-17(16)20)24-18(21-3)23-8-4-5-10-25-11-9-22-14(25)2;/h6-7,9,11-13H,4-5,8,10H2,1-3H3,(H2,21,23,24);1H. The maximum atomic E-state index is 6.27. The van der Waals surface area contributed by atoms with Crippen LogP contribution in [0.5, 0.6) is 0 Å². The van der Waals surface area contributed by atoms with Crippen LogP contribution in [0.3, 0.4) is 0 Å². The Hall–Kier alpha value is -0.990. The molecule has 0 radical (unpaired) electrons. The van der Waals surface area contributed by atoms with Crippen molar-refractivity contribution >= 4 is 53.1 Å². The maximum absolute atomic E-state index is 6.27. The molecule has 2 rings (SSSR count). The Morgan fingerprint density at radius 3 is 2.69 bits per heavy atom. The van der Waals surface area contributed by atoms with Crippen LogP contribution in [0.25, 0.3) is 0 Å². The van der Waals surface area contributed by atoms with E-state index in [1.807, 2.05) is 38.4 Å². The fourth-order valence-corrected chi connectivity index (χ4v) is 3.16. The predicted octanol–water partition coefficient (Wildman–Crippen LogP) is 4.82. The summed E-state index contributed by atoms with van der Waals surface area (Å²) in [4.78, 5) is 8.50. The summed E-state index contributed by atoms with van der Waals surface area (Å²) in [5, 5.41) is 7.98. The number of hydrogen-bond acceptors (Lipinski definition) is 2. The van der Waals surface area contributed by atoms with Gasteiger partial charge in [-0.05, 0) is 44.4 Å². The summed E-state index contributed by atoms with van der Waals surface area (Å²) in [6, 6.07) is 5.56. The van der Waals surface area contributed by atoms with Crippen LogP contribution in [0.1, 0.15) is 37.2 Å². The molecule has 1 aromatic heterocycles. The number of guanidine groups is 1. The molecule has 1 atom stereocenters. The number of aliphatic imine (C=N–C) groups is 1. The summed E-state index contributed by atoms with van der Waals surface area (Å²) >= 11 is 12.2. The predicted molar refractivity (Wildman–Crippen MR) is 121 cm³/mol. The number of unbranched alkanes of at least 4 members (excludes halogenated alkanes) is 1. The highest BCUT2D eigenvalue weighted by atomic mass is 127. The van der Waals surface area contributed by atoms with Crippen molar-refractivity contribution in [1.82, 2.24) is 20.2 Å². The van der Waals surface area contributed by atoms with E-state index in [1.165, 1.54) is 0 Å². The van der Waals surface area contributed by atoms with Gasteiger partial charge in [-0.2, -0.15) is 0 Å². The topological polar surface area (TPSA) is 54.2 Å². The van der Waals surface area contributed by atoms with Crippen molar-refractivity contribution < 1.29 is 0 Å². The molecule has 0 saturated carbocycles. The van der Waals surface area contributed by atoms with E-state index in [1.54, 1.807) is 13.1 Å². The molecule has 2 aromatic rings. The lowest BCUT2D eigenvalue weighted by Crippen LogP contribution is -2.39. The number of nitrogens with zero attached hydrogens (tertiary/aromatic N) is 3. The number of nitrogens with one attached hydrogen (secondary N) is 2. The van der Waals surface area contributed by atoms with Crippen LogP contribution in [0.2, 0.25) is 10.0 Å². The Balaban J connectivity index is 0.00000338. The van der Waals surface area contributed by atoms with Gasteiger partial charge in [0, 0.05) is 42.6 Å². The van der Waals surface area contributed by atoms with Crippen molar-refractivity contribution in [1.29, 1.82) is 0 Å². The molecule has 26 heavy (non-hydrogen) atoms. The molecule has 8 heteroatoms. The SMILES string of the molecule is CN=C(NCCCCn1ccnc1C)NC(C)c1ccc(Cl)cc1Cl.I. The molecule has 144 valence electrons. The monoisotopic (exact) mass is 509 g/mol. The van der Waals surface area contributed by atoms with Gasteiger partial charge in [0.15, 0.2) is 5.96 Å². The Morgan fingerprint density at radius 2 is 2.08 bits per heavy atom. The first-order valence-corrected chi connectivity index (χ1v) is 9.16. The number of aryl methyl sites for hydroxylation is 2. The molecule has 0 aliphatic carbocycles. The third-order valence-electron chi connectivity index (χ3n) is 4.05. The van der Waals surface area contributed by atoms with E-state index in [-0.39, 0.29) is 30.0 Å². The van der Waals surface area contributed by atoms with Crippen molar-refractivity contribution in [3.8, 4) is 0 Å². The molecule has 2 N–H and O–H groups in total. The number of imidazole rings is 1. The van der Waals surface area contributed by atoms with Crippen LogP contribution in [0.15, 0.2) is 35.6 Å². The zero-order valence-corrected chi connectivity index (χ0v) is 19.1. The van der Waals surface area contributed by atoms with Crippen molar-refractivity contribution in [3.05, 3.63) is 52.0 Å². The summed E-state index contributed by atoms with van der Waals surface area (Å²) in [6.45, 7) is 5.90. The minimum Gasteiger partial charge on any atom is -0.356 e. The minimum atomic E-state index is 0. The molecule has 0 fully saturated rings. The second-order valence-corrected chi connectivity index (χ2v) is 6.75. The third kappa shape index (κ3) is 6.96. The van der Waals surface area contributed by atoms with Gasteiger partial charge in [0.2, 0.25) is 0 Å². The zero-order chi connectivity index (χ0) is 18.2.